The molecule has 0 aromatic heterocycles. The predicted molar refractivity (Wildman–Crippen MR) is 64.7 cm³/mol. The van der Waals surface area contributed by atoms with E-state index in [2.05, 4.69) is 0 Å². The second kappa shape index (κ2) is 6.12. The van der Waals surface area contributed by atoms with E-state index in [9.17, 15) is 9.59 Å². The third kappa shape index (κ3) is 3.26. The Morgan fingerprint density at radius 2 is 2.18 bits per heavy atom. The minimum absolute atomic E-state index is 0.0878. The summed E-state index contributed by atoms with van der Waals surface area (Å²) in [5, 5.41) is 9.13. The zero-order valence-electron chi connectivity index (χ0n) is 10.6. The lowest BCUT2D eigenvalue weighted by Gasteiger charge is -2.22. The molecule has 0 saturated carbocycles. The van der Waals surface area contributed by atoms with Gasteiger partial charge in [-0.2, -0.15) is 0 Å². The molecule has 0 aromatic carbocycles. The van der Waals surface area contributed by atoms with Crippen LogP contribution in [-0.2, 0) is 9.59 Å². The Bertz CT molecular complexity index is 293. The fourth-order valence-corrected chi connectivity index (χ4v) is 2.45. The number of carboxylic acid groups (broad SMARTS) is 1. The Morgan fingerprint density at radius 3 is 2.71 bits per heavy atom. The summed E-state index contributed by atoms with van der Waals surface area (Å²) in [7, 11) is 1.74. The van der Waals surface area contributed by atoms with Gasteiger partial charge in [0.05, 0.1) is 6.04 Å². The van der Waals surface area contributed by atoms with Crippen molar-refractivity contribution >= 4 is 11.8 Å². The average Bonchev–Trinajstić information content (AvgIpc) is 2.66. The maximum absolute atomic E-state index is 12.1. The summed E-state index contributed by atoms with van der Waals surface area (Å²) >= 11 is 0. The molecular weight excluding hydrogens is 220 g/mol. The summed E-state index contributed by atoms with van der Waals surface area (Å²) in [5.74, 6) is -1.45. The molecule has 1 aliphatic rings. The molecule has 1 aliphatic heterocycles. The van der Waals surface area contributed by atoms with Crippen molar-refractivity contribution in [2.24, 2.45) is 11.7 Å². The number of carbonyl (C=O) groups excluding carboxylic acids is 1. The summed E-state index contributed by atoms with van der Waals surface area (Å²) < 4.78 is 0. The molecule has 17 heavy (non-hydrogen) atoms. The molecule has 0 amide bonds. The van der Waals surface area contributed by atoms with Crippen molar-refractivity contribution < 1.29 is 14.7 Å². The normalized spacial score (nSPS) is 27.0. The molecule has 5 nitrogen and oxygen atoms in total. The summed E-state index contributed by atoms with van der Waals surface area (Å²) in [4.78, 5) is 24.9. The highest BCUT2D eigenvalue weighted by molar-refractivity contribution is 5.91. The Morgan fingerprint density at radius 1 is 1.53 bits per heavy atom. The molecule has 1 heterocycles. The van der Waals surface area contributed by atoms with Crippen LogP contribution in [0, 0.1) is 5.92 Å². The van der Waals surface area contributed by atoms with E-state index in [1.807, 2.05) is 6.92 Å². The number of hydrogen-bond acceptors (Lipinski definition) is 4. The molecule has 0 radical (unpaired) electrons. The van der Waals surface area contributed by atoms with Crippen LogP contribution in [0.3, 0.4) is 0 Å². The Kier molecular flexibility index (Phi) is 5.08. The van der Waals surface area contributed by atoms with Crippen LogP contribution < -0.4 is 5.73 Å². The van der Waals surface area contributed by atoms with Crippen molar-refractivity contribution in [2.45, 2.75) is 44.7 Å². The first kappa shape index (κ1) is 14.1. The number of hydrogen-bond donors (Lipinski definition) is 2. The molecule has 1 fully saturated rings. The number of aliphatic carboxylic acids is 1. The lowest BCUT2D eigenvalue weighted by atomic mass is 9.89. The van der Waals surface area contributed by atoms with Crippen LogP contribution in [0.15, 0.2) is 0 Å². The third-order valence-electron chi connectivity index (χ3n) is 3.50. The Hall–Kier alpha value is -0.940. The zero-order chi connectivity index (χ0) is 13.0. The van der Waals surface area contributed by atoms with Gasteiger partial charge < -0.3 is 10.8 Å². The van der Waals surface area contributed by atoms with Gasteiger partial charge in [0.1, 0.15) is 6.04 Å². The van der Waals surface area contributed by atoms with Crippen molar-refractivity contribution in [3.8, 4) is 0 Å². The van der Waals surface area contributed by atoms with Crippen LogP contribution in [-0.4, -0.2) is 47.4 Å². The van der Waals surface area contributed by atoms with Crippen molar-refractivity contribution in [3.05, 3.63) is 0 Å². The van der Waals surface area contributed by atoms with Gasteiger partial charge in [-0.1, -0.05) is 19.8 Å². The summed E-state index contributed by atoms with van der Waals surface area (Å²) in [6, 6.07) is -1.21. The van der Waals surface area contributed by atoms with E-state index in [-0.39, 0.29) is 5.78 Å². The minimum atomic E-state index is -0.925. The molecule has 1 saturated heterocycles. The number of ketones is 1. The molecule has 3 N–H and O–H groups in total. The maximum Gasteiger partial charge on any atom is 0.321 e. The van der Waals surface area contributed by atoms with E-state index in [1.165, 1.54) is 0 Å². The molecular formula is C12H22N2O3. The van der Waals surface area contributed by atoms with E-state index >= 15 is 0 Å². The second-order valence-electron chi connectivity index (χ2n) is 4.81. The fraction of sp³-hybridized carbons (Fsp3) is 0.833. The molecule has 98 valence electrons. The highest BCUT2D eigenvalue weighted by Crippen LogP contribution is 2.25. The number of carboxylic acids is 1. The number of unbranched alkanes of at least 4 members (excludes halogenated alkanes) is 1. The standard InChI is InChI=1S/C12H22N2O3/c1-3-4-5-9(13)11(15)8-6-7-14(2)10(8)12(16)17/h8-10H,3-7,13H2,1-2H3,(H,16,17)/t8-,9?,10+/m1/s1. The van der Waals surface area contributed by atoms with Gasteiger partial charge in [0.15, 0.2) is 5.78 Å². The largest absolute Gasteiger partial charge is 0.480 e. The van der Waals surface area contributed by atoms with Gasteiger partial charge in [0.25, 0.3) is 0 Å². The fourth-order valence-electron chi connectivity index (χ4n) is 2.45. The Balaban J connectivity index is 2.65. The van der Waals surface area contributed by atoms with Gasteiger partial charge in [-0.3, -0.25) is 14.5 Å². The van der Waals surface area contributed by atoms with E-state index in [0.29, 0.717) is 19.4 Å². The zero-order valence-corrected chi connectivity index (χ0v) is 10.6. The molecule has 0 spiro atoms. The quantitative estimate of drug-likeness (QED) is 0.707. The number of rotatable bonds is 6. The molecule has 1 rings (SSSR count). The van der Waals surface area contributed by atoms with Gasteiger partial charge in [-0.05, 0) is 26.4 Å². The number of likely N-dealkylation sites (N-methyl/N-ethyl adjacent to an activating group) is 1. The second-order valence-corrected chi connectivity index (χ2v) is 4.81. The number of nitrogens with zero attached hydrogens (tertiary/aromatic N) is 1. The predicted octanol–water partition coefficient (Wildman–Crippen LogP) is 0.478. The van der Waals surface area contributed by atoms with Crippen molar-refractivity contribution in [3.63, 3.8) is 0 Å². The molecule has 0 aromatic rings. The summed E-state index contributed by atoms with van der Waals surface area (Å²) in [6.07, 6.45) is 3.16. The van der Waals surface area contributed by atoms with Crippen LogP contribution >= 0.6 is 0 Å². The van der Waals surface area contributed by atoms with E-state index in [4.69, 9.17) is 10.8 Å². The van der Waals surface area contributed by atoms with Crippen molar-refractivity contribution in [1.29, 1.82) is 0 Å². The first-order valence-corrected chi connectivity index (χ1v) is 6.21. The molecule has 5 heteroatoms. The lowest BCUT2D eigenvalue weighted by molar-refractivity contribution is -0.145. The van der Waals surface area contributed by atoms with Crippen LogP contribution in [0.25, 0.3) is 0 Å². The van der Waals surface area contributed by atoms with Crippen LogP contribution in [0.2, 0.25) is 0 Å². The monoisotopic (exact) mass is 242 g/mol. The van der Waals surface area contributed by atoms with Gasteiger partial charge >= 0.3 is 5.97 Å². The summed E-state index contributed by atoms with van der Waals surface area (Å²) in [5.41, 5.74) is 5.83. The highest BCUT2D eigenvalue weighted by Gasteiger charge is 2.42. The lowest BCUT2D eigenvalue weighted by Crippen LogP contribution is -2.45. The first-order chi connectivity index (χ1) is 7.99. The summed E-state index contributed by atoms with van der Waals surface area (Å²) in [6.45, 7) is 2.69. The number of Topliss-reactive ketones (excluding diaryl/α,β-unsaturated/α-hetero) is 1. The third-order valence-corrected chi connectivity index (χ3v) is 3.50. The minimum Gasteiger partial charge on any atom is -0.480 e. The van der Waals surface area contributed by atoms with E-state index < -0.39 is 24.0 Å². The van der Waals surface area contributed by atoms with Gasteiger partial charge in [-0.15, -0.1) is 0 Å². The maximum atomic E-state index is 12.1. The molecule has 0 bridgehead atoms. The number of likely N-dealkylation sites (tertiary alicyclic amines) is 1. The smallest absolute Gasteiger partial charge is 0.321 e. The van der Waals surface area contributed by atoms with Crippen LogP contribution in [0.4, 0.5) is 0 Å². The van der Waals surface area contributed by atoms with Crippen molar-refractivity contribution in [2.75, 3.05) is 13.6 Å². The SMILES string of the molecule is CCCCC(N)C(=O)[C@@H]1CCN(C)[C@@H]1C(=O)O. The van der Waals surface area contributed by atoms with Gasteiger partial charge in [0, 0.05) is 5.92 Å². The van der Waals surface area contributed by atoms with Crippen LogP contribution in [0.1, 0.15) is 32.6 Å². The average molecular weight is 242 g/mol. The topological polar surface area (TPSA) is 83.6 Å². The van der Waals surface area contributed by atoms with Gasteiger partial charge in [0.2, 0.25) is 0 Å². The number of carbonyl (C=O) groups is 2. The van der Waals surface area contributed by atoms with E-state index in [0.717, 1.165) is 12.8 Å². The van der Waals surface area contributed by atoms with E-state index in [1.54, 1.807) is 11.9 Å². The first-order valence-electron chi connectivity index (χ1n) is 6.21. The van der Waals surface area contributed by atoms with Crippen LogP contribution in [0.5, 0.6) is 0 Å². The number of nitrogens with two attached hydrogens (primary N) is 1. The van der Waals surface area contributed by atoms with Gasteiger partial charge in [-0.25, -0.2) is 0 Å². The molecule has 0 aliphatic carbocycles. The molecule has 1 unspecified atom stereocenters. The van der Waals surface area contributed by atoms with Crippen molar-refractivity contribution in [1.82, 2.24) is 4.90 Å². The Labute approximate surface area is 102 Å². The molecule has 3 atom stereocenters. The highest BCUT2D eigenvalue weighted by atomic mass is 16.4.